The van der Waals surface area contributed by atoms with Crippen molar-refractivity contribution >= 4 is 11.9 Å². The number of carboxylic acids is 1. The number of aryl methyl sites for hydroxylation is 1. The van der Waals surface area contributed by atoms with Gasteiger partial charge in [0.25, 0.3) is 0 Å². The second-order valence-corrected chi connectivity index (χ2v) is 3.74. The van der Waals surface area contributed by atoms with Crippen LogP contribution in [0, 0.1) is 18.8 Å². The van der Waals surface area contributed by atoms with E-state index in [4.69, 9.17) is 9.63 Å². The van der Waals surface area contributed by atoms with Crippen LogP contribution in [0.5, 0.6) is 0 Å². The first kappa shape index (κ1) is 10.6. The van der Waals surface area contributed by atoms with Crippen molar-refractivity contribution in [1.29, 1.82) is 0 Å². The molecule has 1 aliphatic carbocycles. The lowest BCUT2D eigenvalue weighted by Crippen LogP contribution is -2.26. The molecule has 0 saturated heterocycles. The number of rotatable bonds is 4. The summed E-state index contributed by atoms with van der Waals surface area (Å²) < 4.78 is 4.80. The number of aromatic nitrogens is 2. The molecular formula is C9H11N3O4. The molecule has 0 radical (unpaired) electrons. The van der Waals surface area contributed by atoms with Crippen molar-refractivity contribution in [2.75, 3.05) is 0 Å². The van der Waals surface area contributed by atoms with Gasteiger partial charge in [-0.25, -0.2) is 0 Å². The minimum absolute atomic E-state index is 0.141. The Morgan fingerprint density at radius 3 is 2.81 bits per heavy atom. The average molecular weight is 225 g/mol. The molecule has 0 aliphatic heterocycles. The van der Waals surface area contributed by atoms with Crippen LogP contribution in [0.25, 0.3) is 0 Å². The molecule has 16 heavy (non-hydrogen) atoms. The second kappa shape index (κ2) is 3.92. The number of hydrogen-bond donors (Lipinski definition) is 2. The van der Waals surface area contributed by atoms with Crippen molar-refractivity contribution in [3.63, 3.8) is 0 Å². The molecule has 1 heterocycles. The van der Waals surface area contributed by atoms with E-state index in [1.54, 1.807) is 6.92 Å². The van der Waals surface area contributed by atoms with Gasteiger partial charge in [0.1, 0.15) is 0 Å². The second-order valence-electron chi connectivity index (χ2n) is 3.74. The number of carbonyl (C=O) groups is 2. The molecule has 1 saturated carbocycles. The third-order valence-electron chi connectivity index (χ3n) is 2.43. The minimum atomic E-state index is -0.922. The Morgan fingerprint density at radius 2 is 2.31 bits per heavy atom. The van der Waals surface area contributed by atoms with Crippen molar-refractivity contribution in [3.05, 3.63) is 11.7 Å². The van der Waals surface area contributed by atoms with Gasteiger partial charge in [-0.05, 0) is 13.3 Å². The molecule has 86 valence electrons. The highest BCUT2D eigenvalue weighted by atomic mass is 16.5. The number of hydrogen-bond acceptors (Lipinski definition) is 5. The number of amides is 1. The first-order valence-electron chi connectivity index (χ1n) is 4.87. The maximum absolute atomic E-state index is 11.4. The number of carbonyl (C=O) groups excluding carboxylic acids is 1. The molecule has 7 heteroatoms. The molecule has 0 unspecified atom stereocenters. The number of carboxylic acid groups (broad SMARTS) is 1. The Kier molecular flexibility index (Phi) is 2.59. The highest BCUT2D eigenvalue weighted by Gasteiger charge is 2.48. The normalized spacial score (nSPS) is 22.8. The molecule has 7 nitrogen and oxygen atoms in total. The van der Waals surface area contributed by atoms with Crippen molar-refractivity contribution in [3.8, 4) is 0 Å². The lowest BCUT2D eigenvalue weighted by atomic mass is 10.3. The molecule has 1 fully saturated rings. The first-order chi connectivity index (χ1) is 7.58. The number of nitrogens with one attached hydrogen (secondary N) is 1. The summed E-state index contributed by atoms with van der Waals surface area (Å²) in [6, 6.07) is 0. The van der Waals surface area contributed by atoms with Crippen LogP contribution < -0.4 is 5.32 Å². The van der Waals surface area contributed by atoms with Gasteiger partial charge in [-0.15, -0.1) is 0 Å². The summed E-state index contributed by atoms with van der Waals surface area (Å²) in [6.45, 7) is 1.82. The van der Waals surface area contributed by atoms with Crippen molar-refractivity contribution in [2.24, 2.45) is 11.8 Å². The van der Waals surface area contributed by atoms with E-state index in [1.165, 1.54) is 0 Å². The van der Waals surface area contributed by atoms with E-state index < -0.39 is 17.8 Å². The Hall–Kier alpha value is -1.92. The van der Waals surface area contributed by atoms with Crippen LogP contribution in [0.3, 0.4) is 0 Å². The van der Waals surface area contributed by atoms with Crippen LogP contribution in [0.4, 0.5) is 0 Å². The fraction of sp³-hybridized carbons (Fsp3) is 0.556. The van der Waals surface area contributed by atoms with Gasteiger partial charge in [0.2, 0.25) is 11.8 Å². The fourth-order valence-electron chi connectivity index (χ4n) is 1.46. The van der Waals surface area contributed by atoms with Gasteiger partial charge in [-0.2, -0.15) is 4.98 Å². The van der Waals surface area contributed by atoms with Gasteiger partial charge in [0.15, 0.2) is 5.82 Å². The Labute approximate surface area is 90.8 Å². The third-order valence-corrected chi connectivity index (χ3v) is 2.43. The van der Waals surface area contributed by atoms with Gasteiger partial charge in [-0.1, -0.05) is 5.16 Å². The molecule has 2 rings (SSSR count). The molecule has 2 atom stereocenters. The highest BCUT2D eigenvalue weighted by Crippen LogP contribution is 2.38. The van der Waals surface area contributed by atoms with Crippen LogP contribution >= 0.6 is 0 Å². The highest BCUT2D eigenvalue weighted by molar-refractivity contribution is 5.89. The quantitative estimate of drug-likeness (QED) is 0.729. The molecule has 2 N–H and O–H groups in total. The smallest absolute Gasteiger partial charge is 0.307 e. The standard InChI is InChI=1S/C9H11N3O4/c1-4-11-7(16-12-4)3-10-8(13)5-2-6(5)9(14)15/h5-6H,2-3H2,1H3,(H,10,13)(H,14,15)/t5-,6+/m1/s1. The van der Waals surface area contributed by atoms with Gasteiger partial charge >= 0.3 is 5.97 Å². The molecule has 0 aromatic carbocycles. The largest absolute Gasteiger partial charge is 0.481 e. The summed E-state index contributed by atoms with van der Waals surface area (Å²) in [5.74, 6) is -1.33. The van der Waals surface area contributed by atoms with E-state index in [1.807, 2.05) is 0 Å². The first-order valence-corrected chi connectivity index (χ1v) is 4.87. The molecular weight excluding hydrogens is 214 g/mol. The van der Waals surface area contributed by atoms with Gasteiger partial charge in [0, 0.05) is 0 Å². The third kappa shape index (κ3) is 2.18. The summed E-state index contributed by atoms with van der Waals surface area (Å²) in [5.41, 5.74) is 0. The Morgan fingerprint density at radius 1 is 1.56 bits per heavy atom. The van der Waals surface area contributed by atoms with E-state index in [2.05, 4.69) is 15.5 Å². The monoisotopic (exact) mass is 225 g/mol. The van der Waals surface area contributed by atoms with Crippen molar-refractivity contribution < 1.29 is 19.2 Å². The summed E-state index contributed by atoms with van der Waals surface area (Å²) in [7, 11) is 0. The SMILES string of the molecule is Cc1noc(CNC(=O)[C@@H]2C[C@@H]2C(=O)O)n1. The topological polar surface area (TPSA) is 105 Å². The lowest BCUT2D eigenvalue weighted by Gasteiger charge is -1.99. The summed E-state index contributed by atoms with van der Waals surface area (Å²) >= 11 is 0. The van der Waals surface area contributed by atoms with Gasteiger partial charge in [-0.3, -0.25) is 9.59 Å². The van der Waals surface area contributed by atoms with Crippen LogP contribution in [0.1, 0.15) is 18.1 Å². The zero-order valence-electron chi connectivity index (χ0n) is 8.64. The van der Waals surface area contributed by atoms with Crippen LogP contribution in [0.2, 0.25) is 0 Å². The minimum Gasteiger partial charge on any atom is -0.481 e. The van der Waals surface area contributed by atoms with Gasteiger partial charge in [0.05, 0.1) is 18.4 Å². The van der Waals surface area contributed by atoms with Crippen LogP contribution in [-0.2, 0) is 16.1 Å². The molecule has 1 aromatic rings. The average Bonchev–Trinajstić information content (AvgIpc) is 2.93. The zero-order chi connectivity index (χ0) is 11.7. The number of aliphatic carboxylic acids is 1. The fourth-order valence-corrected chi connectivity index (χ4v) is 1.46. The van der Waals surface area contributed by atoms with Crippen molar-refractivity contribution in [2.45, 2.75) is 19.9 Å². The molecule has 0 bridgehead atoms. The molecule has 1 aromatic heterocycles. The summed E-state index contributed by atoms with van der Waals surface area (Å²) in [4.78, 5) is 25.9. The molecule has 1 amide bonds. The maximum Gasteiger partial charge on any atom is 0.307 e. The Balaban J connectivity index is 1.79. The van der Waals surface area contributed by atoms with E-state index >= 15 is 0 Å². The van der Waals surface area contributed by atoms with E-state index in [0.29, 0.717) is 18.1 Å². The number of nitrogens with zero attached hydrogens (tertiary/aromatic N) is 2. The summed E-state index contributed by atoms with van der Waals surface area (Å²) in [6.07, 6.45) is 0.407. The van der Waals surface area contributed by atoms with Crippen molar-refractivity contribution in [1.82, 2.24) is 15.5 Å². The van der Waals surface area contributed by atoms with E-state index in [-0.39, 0.29) is 12.5 Å². The van der Waals surface area contributed by atoms with Gasteiger partial charge < -0.3 is 14.9 Å². The molecule has 1 aliphatic rings. The predicted octanol–water partition coefficient (Wildman–Crippen LogP) is -0.285. The Bertz CT molecular complexity index is 428. The zero-order valence-corrected chi connectivity index (χ0v) is 8.64. The van der Waals surface area contributed by atoms with Crippen LogP contribution in [-0.4, -0.2) is 27.1 Å². The summed E-state index contributed by atoms with van der Waals surface area (Å²) in [5, 5.41) is 14.8. The molecule has 0 spiro atoms. The van der Waals surface area contributed by atoms with E-state index in [0.717, 1.165) is 0 Å². The van der Waals surface area contributed by atoms with Crippen LogP contribution in [0.15, 0.2) is 4.52 Å². The maximum atomic E-state index is 11.4. The predicted molar refractivity (Wildman–Crippen MR) is 50.1 cm³/mol. The lowest BCUT2D eigenvalue weighted by molar-refractivity contribution is -0.140. The van der Waals surface area contributed by atoms with E-state index in [9.17, 15) is 9.59 Å².